The van der Waals surface area contributed by atoms with E-state index >= 15 is 0 Å². The number of imidazole rings is 1. The Bertz CT molecular complexity index is 540. The predicted octanol–water partition coefficient (Wildman–Crippen LogP) is 3.05. The Hall–Kier alpha value is -1.20. The lowest BCUT2D eigenvalue weighted by molar-refractivity contribution is 0.340. The molecule has 1 heterocycles. The summed E-state index contributed by atoms with van der Waals surface area (Å²) >= 11 is 1.75. The van der Waals surface area contributed by atoms with Crippen LogP contribution >= 0.6 is 11.8 Å². The van der Waals surface area contributed by atoms with Crippen molar-refractivity contribution in [1.29, 1.82) is 0 Å². The number of hydrogen-bond donors (Lipinski definition) is 2. The van der Waals surface area contributed by atoms with Gasteiger partial charge < -0.3 is 15.0 Å². The number of aromatic nitrogens is 2. The van der Waals surface area contributed by atoms with E-state index in [1.807, 2.05) is 32.2 Å². The van der Waals surface area contributed by atoms with E-state index in [0.29, 0.717) is 17.9 Å². The molecule has 0 spiro atoms. The van der Waals surface area contributed by atoms with E-state index in [-0.39, 0.29) is 0 Å². The second-order valence-electron chi connectivity index (χ2n) is 4.55. The van der Waals surface area contributed by atoms with Crippen molar-refractivity contribution < 1.29 is 4.74 Å². The first-order chi connectivity index (χ1) is 9.13. The topological polar surface area (TPSA) is 49.9 Å². The zero-order valence-electron chi connectivity index (χ0n) is 11.9. The lowest BCUT2D eigenvalue weighted by Crippen LogP contribution is -2.30. The minimum Gasteiger partial charge on any atom is -0.494 e. The molecule has 0 aliphatic heterocycles. The van der Waals surface area contributed by atoms with Crippen LogP contribution in [-0.4, -0.2) is 34.9 Å². The molecule has 2 N–H and O–H groups in total. The molecule has 19 heavy (non-hydrogen) atoms. The molecule has 0 amide bonds. The highest BCUT2D eigenvalue weighted by Gasteiger charge is 2.14. The zero-order valence-corrected chi connectivity index (χ0v) is 12.7. The van der Waals surface area contributed by atoms with Crippen LogP contribution in [0.4, 0.5) is 0 Å². The second-order valence-corrected chi connectivity index (χ2v) is 5.92. The normalized spacial score (nSPS) is 14.5. The number of nitrogens with one attached hydrogen (secondary N) is 2. The third kappa shape index (κ3) is 3.42. The maximum absolute atomic E-state index is 5.50. The van der Waals surface area contributed by atoms with Crippen LogP contribution in [-0.2, 0) is 0 Å². The van der Waals surface area contributed by atoms with E-state index in [1.165, 1.54) is 0 Å². The summed E-state index contributed by atoms with van der Waals surface area (Å²) in [6.07, 6.45) is 0. The van der Waals surface area contributed by atoms with Gasteiger partial charge in [-0.05, 0) is 33.0 Å². The maximum Gasteiger partial charge on any atom is 0.166 e. The van der Waals surface area contributed by atoms with Crippen LogP contribution in [0.25, 0.3) is 11.0 Å². The number of rotatable bonds is 6. The molecule has 0 saturated carbocycles. The van der Waals surface area contributed by atoms with E-state index in [2.05, 4.69) is 29.1 Å². The van der Waals surface area contributed by atoms with Gasteiger partial charge in [-0.25, -0.2) is 4.98 Å². The Morgan fingerprint density at radius 1 is 1.42 bits per heavy atom. The summed E-state index contributed by atoms with van der Waals surface area (Å²) in [6.45, 7) is 7.04. The third-order valence-corrected chi connectivity index (χ3v) is 4.40. The van der Waals surface area contributed by atoms with Crippen LogP contribution in [0.1, 0.15) is 20.8 Å². The molecule has 2 rings (SSSR count). The Kier molecular flexibility index (Phi) is 4.71. The first-order valence-electron chi connectivity index (χ1n) is 6.60. The van der Waals surface area contributed by atoms with Gasteiger partial charge in [-0.2, -0.15) is 0 Å². The van der Waals surface area contributed by atoms with Gasteiger partial charge in [0.15, 0.2) is 5.16 Å². The van der Waals surface area contributed by atoms with E-state index < -0.39 is 0 Å². The van der Waals surface area contributed by atoms with Crippen molar-refractivity contribution in [1.82, 2.24) is 15.3 Å². The monoisotopic (exact) mass is 279 g/mol. The first-order valence-corrected chi connectivity index (χ1v) is 7.48. The van der Waals surface area contributed by atoms with Crippen molar-refractivity contribution in [2.24, 2.45) is 0 Å². The summed E-state index contributed by atoms with van der Waals surface area (Å²) in [4.78, 5) is 7.94. The molecule has 2 aromatic rings. The number of hydrogen-bond acceptors (Lipinski definition) is 4. The summed E-state index contributed by atoms with van der Waals surface area (Å²) < 4.78 is 5.50. The third-order valence-electron chi connectivity index (χ3n) is 3.20. The Balaban J connectivity index is 2.17. The highest BCUT2D eigenvalue weighted by Crippen LogP contribution is 2.26. The summed E-state index contributed by atoms with van der Waals surface area (Å²) in [5.41, 5.74) is 2.01. The summed E-state index contributed by atoms with van der Waals surface area (Å²) in [7, 11) is 1.98. The van der Waals surface area contributed by atoms with E-state index in [1.54, 1.807) is 11.8 Å². The molecular weight excluding hydrogens is 258 g/mol. The fraction of sp³-hybridized carbons (Fsp3) is 0.500. The first kappa shape index (κ1) is 14.2. The molecule has 4 nitrogen and oxygen atoms in total. The standard InChI is InChI=1S/C14H21N3OS/c1-5-18-11-6-7-12-13(8-11)17-14(16-12)19-10(3)9(2)15-4/h6-10,15H,5H2,1-4H3,(H,16,17). The quantitative estimate of drug-likeness (QED) is 0.798. The predicted molar refractivity (Wildman–Crippen MR) is 81.1 cm³/mol. The average Bonchev–Trinajstić information content (AvgIpc) is 2.79. The van der Waals surface area contributed by atoms with Crippen molar-refractivity contribution in [3.05, 3.63) is 18.2 Å². The molecule has 1 aromatic carbocycles. The van der Waals surface area contributed by atoms with E-state index in [0.717, 1.165) is 21.9 Å². The molecule has 2 unspecified atom stereocenters. The van der Waals surface area contributed by atoms with Gasteiger partial charge >= 0.3 is 0 Å². The van der Waals surface area contributed by atoms with Crippen LogP contribution in [0.5, 0.6) is 5.75 Å². The Morgan fingerprint density at radius 3 is 2.89 bits per heavy atom. The Morgan fingerprint density at radius 2 is 2.21 bits per heavy atom. The van der Waals surface area contributed by atoms with Crippen LogP contribution in [0.3, 0.4) is 0 Å². The summed E-state index contributed by atoms with van der Waals surface area (Å²) in [5.74, 6) is 0.881. The number of nitrogens with zero attached hydrogens (tertiary/aromatic N) is 1. The zero-order chi connectivity index (χ0) is 13.8. The minimum atomic E-state index is 0.442. The number of H-pyrrole nitrogens is 1. The van der Waals surface area contributed by atoms with Crippen molar-refractivity contribution >= 4 is 22.8 Å². The van der Waals surface area contributed by atoms with Gasteiger partial charge in [-0.15, -0.1) is 0 Å². The van der Waals surface area contributed by atoms with Crippen molar-refractivity contribution in [2.45, 2.75) is 37.2 Å². The molecule has 0 radical (unpaired) electrons. The summed E-state index contributed by atoms with van der Waals surface area (Å²) in [5, 5.41) is 4.67. The van der Waals surface area contributed by atoms with Crippen molar-refractivity contribution in [2.75, 3.05) is 13.7 Å². The van der Waals surface area contributed by atoms with Crippen LogP contribution in [0, 0.1) is 0 Å². The molecule has 0 fully saturated rings. The van der Waals surface area contributed by atoms with Gasteiger partial charge in [0.2, 0.25) is 0 Å². The van der Waals surface area contributed by atoms with Crippen molar-refractivity contribution in [3.63, 3.8) is 0 Å². The smallest absolute Gasteiger partial charge is 0.166 e. The summed E-state index contributed by atoms with van der Waals surface area (Å²) in [6, 6.07) is 6.40. The highest BCUT2D eigenvalue weighted by atomic mass is 32.2. The van der Waals surface area contributed by atoms with E-state index in [9.17, 15) is 0 Å². The number of aromatic amines is 1. The van der Waals surface area contributed by atoms with Gasteiger partial charge in [0.05, 0.1) is 17.6 Å². The van der Waals surface area contributed by atoms with Crippen molar-refractivity contribution in [3.8, 4) is 5.75 Å². The SMILES string of the molecule is CCOc1ccc2nc(SC(C)C(C)NC)[nH]c2c1. The Labute approximate surface area is 118 Å². The second kappa shape index (κ2) is 6.30. The molecule has 104 valence electrons. The highest BCUT2D eigenvalue weighted by molar-refractivity contribution is 7.99. The van der Waals surface area contributed by atoms with Crippen LogP contribution in [0.15, 0.2) is 23.4 Å². The molecule has 0 saturated heterocycles. The average molecular weight is 279 g/mol. The largest absolute Gasteiger partial charge is 0.494 e. The molecule has 2 atom stereocenters. The molecule has 5 heteroatoms. The van der Waals surface area contributed by atoms with Crippen LogP contribution in [0.2, 0.25) is 0 Å². The lowest BCUT2D eigenvalue weighted by Gasteiger charge is -2.16. The van der Waals surface area contributed by atoms with Gasteiger partial charge in [-0.1, -0.05) is 18.7 Å². The molecular formula is C14H21N3OS. The van der Waals surface area contributed by atoms with E-state index in [4.69, 9.17) is 4.74 Å². The van der Waals surface area contributed by atoms with Gasteiger partial charge in [0.25, 0.3) is 0 Å². The van der Waals surface area contributed by atoms with Gasteiger partial charge in [-0.3, -0.25) is 0 Å². The lowest BCUT2D eigenvalue weighted by atomic mass is 10.3. The number of fused-ring (bicyclic) bond motifs is 1. The fourth-order valence-corrected chi connectivity index (χ4v) is 2.80. The maximum atomic E-state index is 5.50. The molecule has 0 bridgehead atoms. The van der Waals surface area contributed by atoms with Gasteiger partial charge in [0.1, 0.15) is 5.75 Å². The number of thioether (sulfide) groups is 1. The fourth-order valence-electron chi connectivity index (χ4n) is 1.79. The molecule has 1 aromatic heterocycles. The number of ether oxygens (including phenoxy) is 1. The minimum absolute atomic E-state index is 0.442. The van der Waals surface area contributed by atoms with Gasteiger partial charge in [0, 0.05) is 17.4 Å². The number of benzene rings is 1. The van der Waals surface area contributed by atoms with Crippen LogP contribution < -0.4 is 10.1 Å². The molecule has 0 aliphatic carbocycles. The molecule has 0 aliphatic rings.